The van der Waals surface area contributed by atoms with E-state index >= 15 is 0 Å². The molecule has 0 unspecified atom stereocenters. The Labute approximate surface area is 125 Å². The molecule has 0 N–H and O–H groups in total. The second kappa shape index (κ2) is 5.34. The summed E-state index contributed by atoms with van der Waals surface area (Å²) >= 11 is 0. The quantitative estimate of drug-likeness (QED) is 0.725. The second-order valence-corrected chi connectivity index (χ2v) is 5.30. The van der Waals surface area contributed by atoms with Gasteiger partial charge in [0.1, 0.15) is 6.54 Å². The standard InChI is InChI=1S/C15H14N4O3/c20-15-12-4-2-1-3-10(12)7-16-19(15)8-13-17-14(18-22-13)11-5-6-21-9-11/h1-4,7,11H,5-6,8-9H2/t11-/m1/s1. The molecule has 7 heteroatoms. The van der Waals surface area contributed by atoms with E-state index in [0.29, 0.717) is 23.7 Å². The average Bonchev–Trinajstić information content (AvgIpc) is 3.21. The molecule has 0 spiro atoms. The Balaban J connectivity index is 1.63. The summed E-state index contributed by atoms with van der Waals surface area (Å²) in [6.45, 7) is 1.51. The van der Waals surface area contributed by atoms with Crippen LogP contribution in [0.3, 0.4) is 0 Å². The Hall–Kier alpha value is -2.54. The zero-order valence-electron chi connectivity index (χ0n) is 11.8. The molecule has 3 aromatic rings. The van der Waals surface area contributed by atoms with Gasteiger partial charge < -0.3 is 9.26 Å². The molecule has 3 heterocycles. The summed E-state index contributed by atoms with van der Waals surface area (Å²) in [6, 6.07) is 7.35. The molecular formula is C15H14N4O3. The van der Waals surface area contributed by atoms with E-state index in [1.807, 2.05) is 18.2 Å². The van der Waals surface area contributed by atoms with Crippen LogP contribution in [0.1, 0.15) is 24.1 Å². The number of nitrogens with zero attached hydrogens (tertiary/aromatic N) is 4. The van der Waals surface area contributed by atoms with Gasteiger partial charge in [-0.1, -0.05) is 23.4 Å². The summed E-state index contributed by atoms with van der Waals surface area (Å²) in [5.74, 6) is 1.20. The molecule has 1 fully saturated rings. The second-order valence-electron chi connectivity index (χ2n) is 5.30. The predicted molar refractivity (Wildman–Crippen MR) is 77.6 cm³/mol. The monoisotopic (exact) mass is 298 g/mol. The molecule has 22 heavy (non-hydrogen) atoms. The maximum atomic E-state index is 12.4. The van der Waals surface area contributed by atoms with Crippen molar-refractivity contribution in [3.63, 3.8) is 0 Å². The van der Waals surface area contributed by atoms with Crippen molar-refractivity contribution in [1.29, 1.82) is 0 Å². The van der Waals surface area contributed by atoms with Crippen molar-refractivity contribution in [1.82, 2.24) is 19.9 Å². The topological polar surface area (TPSA) is 83.0 Å². The third-order valence-corrected chi connectivity index (χ3v) is 3.83. The summed E-state index contributed by atoms with van der Waals surface area (Å²) in [4.78, 5) is 16.7. The molecule has 0 saturated carbocycles. The summed E-state index contributed by atoms with van der Waals surface area (Å²) in [6.07, 6.45) is 2.56. The van der Waals surface area contributed by atoms with E-state index in [9.17, 15) is 4.79 Å². The first kappa shape index (κ1) is 13.1. The highest BCUT2D eigenvalue weighted by Gasteiger charge is 2.23. The van der Waals surface area contributed by atoms with Crippen molar-refractivity contribution in [2.24, 2.45) is 0 Å². The Kier molecular flexibility index (Phi) is 3.19. The number of hydrogen-bond acceptors (Lipinski definition) is 6. The minimum absolute atomic E-state index is 0.165. The van der Waals surface area contributed by atoms with Crippen LogP contribution in [0.25, 0.3) is 10.8 Å². The van der Waals surface area contributed by atoms with Gasteiger partial charge in [-0.2, -0.15) is 10.1 Å². The van der Waals surface area contributed by atoms with Crippen LogP contribution in [0.15, 0.2) is 39.8 Å². The fourth-order valence-electron chi connectivity index (χ4n) is 2.60. The highest BCUT2D eigenvalue weighted by molar-refractivity contribution is 5.80. The first-order valence-electron chi connectivity index (χ1n) is 7.16. The van der Waals surface area contributed by atoms with Crippen LogP contribution in [-0.4, -0.2) is 33.1 Å². The fourth-order valence-corrected chi connectivity index (χ4v) is 2.60. The summed E-state index contributed by atoms with van der Waals surface area (Å²) < 4.78 is 11.9. The smallest absolute Gasteiger partial charge is 0.275 e. The van der Waals surface area contributed by atoms with Crippen LogP contribution in [0.4, 0.5) is 0 Å². The van der Waals surface area contributed by atoms with Crippen molar-refractivity contribution in [2.75, 3.05) is 13.2 Å². The molecule has 0 radical (unpaired) electrons. The van der Waals surface area contributed by atoms with E-state index in [1.54, 1.807) is 12.3 Å². The first-order valence-corrected chi connectivity index (χ1v) is 7.16. The number of aromatic nitrogens is 4. The van der Waals surface area contributed by atoms with Crippen LogP contribution in [-0.2, 0) is 11.3 Å². The zero-order valence-corrected chi connectivity index (χ0v) is 11.8. The minimum atomic E-state index is -0.165. The molecule has 1 saturated heterocycles. The molecule has 1 aliphatic heterocycles. The van der Waals surface area contributed by atoms with Gasteiger partial charge in [-0.3, -0.25) is 4.79 Å². The Morgan fingerprint density at radius 2 is 2.23 bits per heavy atom. The van der Waals surface area contributed by atoms with Gasteiger partial charge in [0.05, 0.1) is 18.2 Å². The maximum Gasteiger partial charge on any atom is 0.275 e. The molecule has 4 rings (SSSR count). The lowest BCUT2D eigenvalue weighted by Crippen LogP contribution is -2.23. The predicted octanol–water partition coefficient (Wildman–Crippen LogP) is 1.33. The van der Waals surface area contributed by atoms with E-state index in [-0.39, 0.29) is 18.0 Å². The SMILES string of the molecule is O=c1c2ccccc2cnn1Cc1nc([C@@H]2CCOC2)no1. The van der Waals surface area contributed by atoms with Crippen molar-refractivity contribution in [2.45, 2.75) is 18.9 Å². The van der Waals surface area contributed by atoms with Gasteiger partial charge >= 0.3 is 0 Å². The van der Waals surface area contributed by atoms with Crippen LogP contribution in [0, 0.1) is 0 Å². The van der Waals surface area contributed by atoms with Crippen molar-refractivity contribution < 1.29 is 9.26 Å². The average molecular weight is 298 g/mol. The number of ether oxygens (including phenoxy) is 1. The van der Waals surface area contributed by atoms with Gasteiger partial charge in [0, 0.05) is 17.9 Å². The van der Waals surface area contributed by atoms with E-state index in [4.69, 9.17) is 9.26 Å². The van der Waals surface area contributed by atoms with Gasteiger partial charge in [-0.05, 0) is 12.5 Å². The largest absolute Gasteiger partial charge is 0.381 e. The third-order valence-electron chi connectivity index (χ3n) is 3.83. The van der Waals surface area contributed by atoms with Crippen LogP contribution < -0.4 is 5.56 Å². The third kappa shape index (κ3) is 2.29. The van der Waals surface area contributed by atoms with Gasteiger partial charge in [-0.15, -0.1) is 0 Å². The first-order chi connectivity index (χ1) is 10.8. The number of hydrogen-bond donors (Lipinski definition) is 0. The number of rotatable bonds is 3. The Morgan fingerprint density at radius 1 is 1.32 bits per heavy atom. The molecule has 2 aromatic heterocycles. The molecule has 1 aromatic carbocycles. The molecule has 7 nitrogen and oxygen atoms in total. The van der Waals surface area contributed by atoms with E-state index < -0.39 is 0 Å². The zero-order chi connectivity index (χ0) is 14.9. The number of fused-ring (bicyclic) bond motifs is 1. The molecule has 112 valence electrons. The fraction of sp³-hybridized carbons (Fsp3) is 0.333. The Bertz CT molecular complexity index is 864. The number of benzene rings is 1. The van der Waals surface area contributed by atoms with Crippen molar-refractivity contribution in [3.05, 3.63) is 52.5 Å². The van der Waals surface area contributed by atoms with Crippen LogP contribution in [0.2, 0.25) is 0 Å². The molecule has 1 atom stereocenters. The summed E-state index contributed by atoms with van der Waals surface area (Å²) in [5, 5.41) is 9.58. The van der Waals surface area contributed by atoms with Gasteiger partial charge in [0.15, 0.2) is 5.82 Å². The van der Waals surface area contributed by atoms with Crippen molar-refractivity contribution in [3.8, 4) is 0 Å². The van der Waals surface area contributed by atoms with Gasteiger partial charge in [0.2, 0.25) is 5.89 Å². The summed E-state index contributed by atoms with van der Waals surface area (Å²) in [7, 11) is 0. The Morgan fingerprint density at radius 3 is 3.09 bits per heavy atom. The lowest BCUT2D eigenvalue weighted by atomic mass is 10.1. The van der Waals surface area contributed by atoms with Crippen LogP contribution in [0.5, 0.6) is 0 Å². The van der Waals surface area contributed by atoms with Gasteiger partial charge in [0.25, 0.3) is 5.56 Å². The lowest BCUT2D eigenvalue weighted by Gasteiger charge is -2.02. The maximum absolute atomic E-state index is 12.4. The molecule has 1 aliphatic rings. The molecule has 0 amide bonds. The molecule has 0 aliphatic carbocycles. The van der Waals surface area contributed by atoms with E-state index in [0.717, 1.165) is 18.4 Å². The normalized spacial score (nSPS) is 18.1. The summed E-state index contributed by atoms with van der Waals surface area (Å²) in [5.41, 5.74) is -0.165. The lowest BCUT2D eigenvalue weighted by molar-refractivity contribution is 0.192. The van der Waals surface area contributed by atoms with E-state index in [1.165, 1.54) is 4.68 Å². The van der Waals surface area contributed by atoms with Gasteiger partial charge in [-0.25, -0.2) is 4.68 Å². The molecular weight excluding hydrogens is 284 g/mol. The highest BCUT2D eigenvalue weighted by Crippen LogP contribution is 2.22. The highest BCUT2D eigenvalue weighted by atomic mass is 16.5. The van der Waals surface area contributed by atoms with Crippen molar-refractivity contribution >= 4 is 10.8 Å². The minimum Gasteiger partial charge on any atom is -0.381 e. The van der Waals surface area contributed by atoms with E-state index in [2.05, 4.69) is 15.2 Å². The van der Waals surface area contributed by atoms with Crippen LogP contribution >= 0.6 is 0 Å². The molecule has 0 bridgehead atoms.